The van der Waals surface area contributed by atoms with Crippen molar-refractivity contribution in [3.05, 3.63) is 33.3 Å². The number of nitrogens with zero attached hydrogens (tertiary/aromatic N) is 1. The molecule has 21 heavy (non-hydrogen) atoms. The van der Waals surface area contributed by atoms with Crippen LogP contribution in [0.1, 0.15) is 20.3 Å². The van der Waals surface area contributed by atoms with Crippen molar-refractivity contribution in [2.24, 2.45) is 0 Å². The predicted octanol–water partition coefficient (Wildman–Crippen LogP) is 1.91. The molecule has 0 fully saturated rings. The summed E-state index contributed by atoms with van der Waals surface area (Å²) in [5.41, 5.74) is -0.318. The number of benzene rings is 1. The summed E-state index contributed by atoms with van der Waals surface area (Å²) in [7, 11) is -3.86. The largest absolute Gasteiger partial charge is 0.314 e. The topological polar surface area (TPSA) is 101 Å². The van der Waals surface area contributed by atoms with E-state index >= 15 is 0 Å². The fourth-order valence-electron chi connectivity index (χ4n) is 1.57. The quantitative estimate of drug-likeness (QED) is 0.429. The molecule has 1 aromatic rings. The van der Waals surface area contributed by atoms with E-state index in [0.29, 0.717) is 19.0 Å². The van der Waals surface area contributed by atoms with E-state index in [9.17, 15) is 18.5 Å². The molecule has 0 atom stereocenters. The first-order chi connectivity index (χ1) is 9.74. The molecule has 7 nitrogen and oxygen atoms in total. The highest BCUT2D eigenvalue weighted by molar-refractivity contribution is 7.89. The molecule has 0 heterocycles. The third-order valence-electron chi connectivity index (χ3n) is 2.61. The van der Waals surface area contributed by atoms with Crippen LogP contribution in [0.3, 0.4) is 0 Å². The van der Waals surface area contributed by atoms with Crippen LogP contribution in [-0.2, 0) is 10.0 Å². The summed E-state index contributed by atoms with van der Waals surface area (Å²) in [4.78, 5) is 9.75. The van der Waals surface area contributed by atoms with Gasteiger partial charge in [-0.05, 0) is 19.0 Å². The normalized spacial score (nSPS) is 11.8. The molecule has 2 N–H and O–H groups in total. The smallest absolute Gasteiger partial charge is 0.270 e. The number of nitrogens with one attached hydrogen (secondary N) is 2. The maximum Gasteiger partial charge on any atom is 0.270 e. The van der Waals surface area contributed by atoms with Crippen molar-refractivity contribution in [1.82, 2.24) is 10.0 Å². The van der Waals surface area contributed by atoms with E-state index < -0.39 is 14.9 Å². The number of nitro groups is 1. The van der Waals surface area contributed by atoms with Crippen molar-refractivity contribution in [2.75, 3.05) is 13.1 Å². The lowest BCUT2D eigenvalue weighted by molar-refractivity contribution is -0.385. The summed E-state index contributed by atoms with van der Waals surface area (Å²) in [5.74, 6) is 0. The molecule has 0 bridgehead atoms. The van der Waals surface area contributed by atoms with Crippen molar-refractivity contribution in [2.45, 2.75) is 31.2 Å². The van der Waals surface area contributed by atoms with E-state index in [1.807, 2.05) is 13.8 Å². The number of nitro benzene ring substituents is 1. The van der Waals surface area contributed by atoms with E-state index in [0.717, 1.165) is 12.1 Å². The average molecular weight is 336 g/mol. The number of halogens is 1. The Bertz CT molecular complexity index is 605. The maximum absolute atomic E-state index is 12.1. The van der Waals surface area contributed by atoms with E-state index in [1.54, 1.807) is 0 Å². The summed E-state index contributed by atoms with van der Waals surface area (Å²) in [6.45, 7) is 4.88. The van der Waals surface area contributed by atoms with Gasteiger partial charge in [0.05, 0.1) is 9.95 Å². The minimum atomic E-state index is -3.86. The zero-order chi connectivity index (χ0) is 16.0. The third-order valence-corrected chi connectivity index (χ3v) is 4.56. The summed E-state index contributed by atoms with van der Waals surface area (Å²) in [6, 6.07) is 3.65. The Morgan fingerprint density at radius 3 is 2.57 bits per heavy atom. The van der Waals surface area contributed by atoms with Gasteiger partial charge in [0.15, 0.2) is 0 Å². The van der Waals surface area contributed by atoms with Gasteiger partial charge < -0.3 is 5.32 Å². The molecule has 0 radical (unpaired) electrons. The fourth-order valence-corrected chi connectivity index (χ4v) is 3.17. The van der Waals surface area contributed by atoms with Gasteiger partial charge in [-0.1, -0.05) is 25.4 Å². The van der Waals surface area contributed by atoms with Crippen LogP contribution in [-0.4, -0.2) is 32.5 Å². The highest BCUT2D eigenvalue weighted by atomic mass is 35.5. The van der Waals surface area contributed by atoms with Crippen molar-refractivity contribution in [3.63, 3.8) is 0 Å². The lowest BCUT2D eigenvalue weighted by atomic mass is 10.3. The van der Waals surface area contributed by atoms with E-state index in [-0.39, 0.29) is 22.2 Å². The van der Waals surface area contributed by atoms with Crippen molar-refractivity contribution in [3.8, 4) is 0 Å². The van der Waals surface area contributed by atoms with Gasteiger partial charge in [0.1, 0.15) is 4.90 Å². The number of rotatable bonds is 8. The first-order valence-electron chi connectivity index (χ1n) is 6.41. The molecule has 9 heteroatoms. The lowest BCUT2D eigenvalue weighted by Gasteiger charge is -2.10. The number of non-ortho nitro benzene ring substituents is 1. The molecule has 0 aromatic heterocycles. The van der Waals surface area contributed by atoms with Gasteiger partial charge >= 0.3 is 0 Å². The van der Waals surface area contributed by atoms with Gasteiger partial charge in [0.25, 0.3) is 5.69 Å². The fraction of sp³-hybridized carbons (Fsp3) is 0.500. The molecule has 0 amide bonds. The second-order valence-corrected chi connectivity index (χ2v) is 6.87. The van der Waals surface area contributed by atoms with E-state index in [2.05, 4.69) is 10.0 Å². The van der Waals surface area contributed by atoms with Gasteiger partial charge in [0, 0.05) is 24.7 Å². The number of hydrogen-bond acceptors (Lipinski definition) is 5. The minimum absolute atomic E-state index is 0.0478. The van der Waals surface area contributed by atoms with Gasteiger partial charge in [-0.15, -0.1) is 0 Å². The molecular formula is C12H18ClN3O4S. The Labute approximate surface area is 128 Å². The van der Waals surface area contributed by atoms with Crippen LogP contribution in [0.2, 0.25) is 5.02 Å². The summed E-state index contributed by atoms with van der Waals surface area (Å²) in [6.07, 6.45) is 0.601. The number of sulfonamides is 1. The second kappa shape index (κ2) is 7.69. The van der Waals surface area contributed by atoms with Crippen LogP contribution in [0.5, 0.6) is 0 Å². The molecule has 118 valence electrons. The van der Waals surface area contributed by atoms with Gasteiger partial charge in [-0.2, -0.15) is 0 Å². The van der Waals surface area contributed by atoms with Gasteiger partial charge in [0.2, 0.25) is 10.0 Å². The van der Waals surface area contributed by atoms with E-state index in [4.69, 9.17) is 11.6 Å². The molecule has 0 unspecified atom stereocenters. The zero-order valence-electron chi connectivity index (χ0n) is 11.8. The molecule has 0 aliphatic rings. The maximum atomic E-state index is 12.1. The van der Waals surface area contributed by atoms with Crippen molar-refractivity contribution < 1.29 is 13.3 Å². The Balaban J connectivity index is 2.74. The minimum Gasteiger partial charge on any atom is -0.314 e. The highest BCUT2D eigenvalue weighted by Gasteiger charge is 2.21. The predicted molar refractivity (Wildman–Crippen MR) is 81.1 cm³/mol. The first kappa shape index (κ1) is 17.8. The Morgan fingerprint density at radius 2 is 2.00 bits per heavy atom. The molecule has 0 spiro atoms. The third kappa shape index (κ3) is 5.58. The van der Waals surface area contributed by atoms with Crippen molar-refractivity contribution in [1.29, 1.82) is 0 Å². The summed E-state index contributed by atoms with van der Waals surface area (Å²) in [5, 5.41) is 13.8. The lowest BCUT2D eigenvalue weighted by Crippen LogP contribution is -2.30. The highest BCUT2D eigenvalue weighted by Crippen LogP contribution is 2.25. The molecule has 0 aliphatic heterocycles. The molecule has 1 aromatic carbocycles. The Hall–Kier alpha value is -1.22. The molecule has 1 rings (SSSR count). The molecule has 0 aliphatic carbocycles. The molecule has 0 saturated heterocycles. The second-order valence-electron chi connectivity index (χ2n) is 4.73. The average Bonchev–Trinajstić information content (AvgIpc) is 2.37. The SMILES string of the molecule is CC(C)NCCCNS(=O)(=O)c1cc([N+](=O)[O-])ccc1Cl. The molecular weight excluding hydrogens is 318 g/mol. The number of hydrogen-bond donors (Lipinski definition) is 2. The van der Waals surface area contributed by atoms with Crippen LogP contribution in [0, 0.1) is 10.1 Å². The van der Waals surface area contributed by atoms with Crippen LogP contribution in [0.25, 0.3) is 0 Å². The van der Waals surface area contributed by atoms with Crippen molar-refractivity contribution >= 4 is 27.3 Å². The van der Waals surface area contributed by atoms with Crippen LogP contribution < -0.4 is 10.0 Å². The first-order valence-corrected chi connectivity index (χ1v) is 8.27. The van der Waals surface area contributed by atoms with Gasteiger partial charge in [-0.25, -0.2) is 13.1 Å². The Kier molecular flexibility index (Phi) is 6.53. The monoisotopic (exact) mass is 335 g/mol. The standard InChI is InChI=1S/C12H18ClN3O4S/c1-9(2)14-6-3-7-15-21(19,20)12-8-10(16(17)18)4-5-11(12)13/h4-5,8-9,14-15H,3,6-7H2,1-2H3. The van der Waals surface area contributed by atoms with Crippen LogP contribution >= 0.6 is 11.6 Å². The van der Waals surface area contributed by atoms with Gasteiger partial charge in [-0.3, -0.25) is 10.1 Å². The summed E-state index contributed by atoms with van der Waals surface area (Å²) < 4.78 is 26.6. The van der Waals surface area contributed by atoms with Crippen LogP contribution in [0.4, 0.5) is 5.69 Å². The van der Waals surface area contributed by atoms with E-state index in [1.165, 1.54) is 6.07 Å². The molecule has 0 saturated carbocycles. The van der Waals surface area contributed by atoms with Crippen LogP contribution in [0.15, 0.2) is 23.1 Å². The summed E-state index contributed by atoms with van der Waals surface area (Å²) >= 11 is 5.81. The Morgan fingerprint density at radius 1 is 1.33 bits per heavy atom. The zero-order valence-corrected chi connectivity index (χ0v) is 13.4.